The van der Waals surface area contributed by atoms with E-state index in [9.17, 15) is 14.7 Å². The third kappa shape index (κ3) is 4.00. The van der Waals surface area contributed by atoms with Gasteiger partial charge in [0.25, 0.3) is 0 Å². The van der Waals surface area contributed by atoms with Gasteiger partial charge in [-0.3, -0.25) is 0 Å². The molecule has 3 atom stereocenters. The lowest BCUT2D eigenvalue weighted by Crippen LogP contribution is -2.42. The van der Waals surface area contributed by atoms with Gasteiger partial charge in [-0.2, -0.15) is 4.98 Å². The molecule has 1 aliphatic rings. The minimum atomic E-state index is -1.07. The number of ether oxygens (including phenoxy) is 1. The number of carboxylic acid groups (broad SMARTS) is 1. The molecule has 0 spiro atoms. The fourth-order valence-corrected chi connectivity index (χ4v) is 3.81. The largest absolute Gasteiger partial charge is 0.477 e. The highest BCUT2D eigenvalue weighted by molar-refractivity contribution is 6.28. The van der Waals surface area contributed by atoms with Crippen LogP contribution < -0.4 is 5.32 Å². The number of nitrogens with one attached hydrogen (secondary N) is 1. The molecular formula is C18H23ClN4O4. The molecule has 2 N–H and O–H groups in total. The monoisotopic (exact) mass is 394 g/mol. The van der Waals surface area contributed by atoms with Crippen molar-refractivity contribution in [1.29, 1.82) is 0 Å². The first kappa shape index (κ1) is 19.4. The number of carbonyl (C=O) groups excluding carboxylic acids is 1. The van der Waals surface area contributed by atoms with Gasteiger partial charge < -0.3 is 19.7 Å². The molecular weight excluding hydrogens is 372 g/mol. The Balaban J connectivity index is 2.02. The number of aromatic carboxylic acids is 1. The summed E-state index contributed by atoms with van der Waals surface area (Å²) in [6.45, 7) is 7.41. The molecule has 1 fully saturated rings. The quantitative estimate of drug-likeness (QED) is 0.769. The zero-order valence-corrected chi connectivity index (χ0v) is 16.4. The normalized spacial score (nSPS) is 22.8. The zero-order valence-electron chi connectivity index (χ0n) is 15.7. The average Bonchev–Trinajstić information content (AvgIpc) is 3.05. The van der Waals surface area contributed by atoms with E-state index in [-0.39, 0.29) is 29.0 Å². The van der Waals surface area contributed by atoms with Crippen LogP contribution in [0.2, 0.25) is 5.28 Å². The Labute approximate surface area is 161 Å². The molecule has 27 heavy (non-hydrogen) atoms. The van der Waals surface area contributed by atoms with Crippen LogP contribution in [0.1, 0.15) is 57.1 Å². The Bertz CT molecular complexity index is 889. The van der Waals surface area contributed by atoms with Crippen molar-refractivity contribution in [1.82, 2.24) is 19.9 Å². The summed E-state index contributed by atoms with van der Waals surface area (Å²) in [5, 5.41) is 13.2. The Morgan fingerprint density at radius 3 is 2.70 bits per heavy atom. The lowest BCUT2D eigenvalue weighted by Gasteiger charge is -2.28. The SMILES string of the molecule is CC1CCC(NC(=O)OC(C)(C)C)C1n1c(C(=O)O)cc2cnc(Cl)nc21. The second-order valence-corrected chi connectivity index (χ2v) is 8.26. The lowest BCUT2D eigenvalue weighted by molar-refractivity contribution is 0.0492. The molecule has 0 aliphatic heterocycles. The van der Waals surface area contributed by atoms with Gasteiger partial charge in [0.15, 0.2) is 0 Å². The molecule has 146 valence electrons. The highest BCUT2D eigenvalue weighted by atomic mass is 35.5. The predicted octanol–water partition coefficient (Wildman–Crippen LogP) is 3.65. The Morgan fingerprint density at radius 2 is 2.07 bits per heavy atom. The second kappa shape index (κ2) is 6.99. The van der Waals surface area contributed by atoms with E-state index in [0.29, 0.717) is 17.5 Å². The molecule has 2 heterocycles. The smallest absolute Gasteiger partial charge is 0.407 e. The number of carbonyl (C=O) groups is 2. The van der Waals surface area contributed by atoms with Gasteiger partial charge in [-0.05, 0) is 57.2 Å². The Kier molecular flexibility index (Phi) is 5.03. The van der Waals surface area contributed by atoms with Gasteiger partial charge in [-0.25, -0.2) is 14.6 Å². The molecule has 0 bridgehead atoms. The molecule has 3 rings (SSSR count). The van der Waals surface area contributed by atoms with E-state index >= 15 is 0 Å². The van der Waals surface area contributed by atoms with Crippen LogP contribution in [0.3, 0.4) is 0 Å². The molecule has 1 amide bonds. The standard InChI is InChI=1S/C18H23ClN4O4/c1-9-5-6-11(21-17(26)27-18(2,3)4)13(9)23-12(15(24)25)7-10-8-20-16(19)22-14(10)23/h7-9,11,13H,5-6H2,1-4H3,(H,21,26)(H,24,25). The minimum Gasteiger partial charge on any atom is -0.477 e. The maximum atomic E-state index is 12.3. The van der Waals surface area contributed by atoms with E-state index in [4.69, 9.17) is 16.3 Å². The van der Waals surface area contributed by atoms with Gasteiger partial charge in [0.05, 0.1) is 12.1 Å². The highest BCUT2D eigenvalue weighted by Gasteiger charge is 2.39. The molecule has 3 unspecified atom stereocenters. The van der Waals surface area contributed by atoms with Crippen molar-refractivity contribution < 1.29 is 19.4 Å². The number of nitrogens with zero attached hydrogens (tertiary/aromatic N) is 3. The molecule has 1 saturated carbocycles. The van der Waals surface area contributed by atoms with Crippen LogP contribution in [0.5, 0.6) is 0 Å². The molecule has 9 heteroatoms. The molecule has 2 aromatic heterocycles. The number of fused-ring (bicyclic) bond motifs is 1. The molecule has 8 nitrogen and oxygen atoms in total. The number of rotatable bonds is 3. The highest BCUT2D eigenvalue weighted by Crippen LogP contribution is 2.39. The van der Waals surface area contributed by atoms with E-state index < -0.39 is 17.7 Å². The van der Waals surface area contributed by atoms with Gasteiger partial charge in [0, 0.05) is 11.6 Å². The summed E-state index contributed by atoms with van der Waals surface area (Å²) >= 11 is 5.94. The molecule has 1 aliphatic carbocycles. The maximum absolute atomic E-state index is 12.3. The predicted molar refractivity (Wildman–Crippen MR) is 100 cm³/mol. The summed E-state index contributed by atoms with van der Waals surface area (Å²) < 4.78 is 7.02. The van der Waals surface area contributed by atoms with E-state index in [0.717, 1.165) is 6.42 Å². The lowest BCUT2D eigenvalue weighted by atomic mass is 10.0. The summed E-state index contributed by atoms with van der Waals surface area (Å²) in [4.78, 5) is 32.3. The molecule has 0 aromatic carbocycles. The topological polar surface area (TPSA) is 106 Å². The fourth-order valence-electron chi connectivity index (χ4n) is 3.69. The maximum Gasteiger partial charge on any atom is 0.407 e. The van der Waals surface area contributed by atoms with Gasteiger partial charge in [0.2, 0.25) is 5.28 Å². The number of amides is 1. The summed E-state index contributed by atoms with van der Waals surface area (Å²) in [6, 6.07) is 0.966. The summed E-state index contributed by atoms with van der Waals surface area (Å²) in [5.41, 5.74) is -0.0739. The molecule has 2 aromatic rings. The van der Waals surface area contributed by atoms with Gasteiger partial charge in [0.1, 0.15) is 16.9 Å². The average molecular weight is 395 g/mol. The number of hydrogen-bond donors (Lipinski definition) is 2. The molecule has 0 radical (unpaired) electrons. The Hall–Kier alpha value is -2.35. The number of halogens is 1. The first-order valence-electron chi connectivity index (χ1n) is 8.83. The van der Waals surface area contributed by atoms with E-state index in [2.05, 4.69) is 15.3 Å². The third-order valence-electron chi connectivity index (χ3n) is 4.69. The van der Waals surface area contributed by atoms with Crippen molar-refractivity contribution in [3.8, 4) is 0 Å². The van der Waals surface area contributed by atoms with Gasteiger partial charge >= 0.3 is 12.1 Å². The van der Waals surface area contributed by atoms with Crippen molar-refractivity contribution in [3.05, 3.63) is 23.2 Å². The van der Waals surface area contributed by atoms with Crippen LogP contribution in [0.15, 0.2) is 12.3 Å². The summed E-state index contributed by atoms with van der Waals surface area (Å²) in [7, 11) is 0. The van der Waals surface area contributed by atoms with Crippen LogP contribution in [0.25, 0.3) is 11.0 Å². The van der Waals surface area contributed by atoms with Crippen molar-refractivity contribution >= 4 is 34.7 Å². The van der Waals surface area contributed by atoms with Gasteiger partial charge in [-0.1, -0.05) is 6.92 Å². The van der Waals surface area contributed by atoms with Crippen molar-refractivity contribution in [3.63, 3.8) is 0 Å². The van der Waals surface area contributed by atoms with E-state index in [1.165, 1.54) is 12.3 Å². The van der Waals surface area contributed by atoms with Crippen LogP contribution in [0, 0.1) is 5.92 Å². The summed E-state index contributed by atoms with van der Waals surface area (Å²) in [6.07, 6.45) is 2.53. The van der Waals surface area contributed by atoms with E-state index in [1.807, 2.05) is 6.92 Å². The first-order valence-corrected chi connectivity index (χ1v) is 9.21. The Morgan fingerprint density at radius 1 is 1.37 bits per heavy atom. The minimum absolute atomic E-state index is 0.0427. The van der Waals surface area contributed by atoms with E-state index in [1.54, 1.807) is 25.3 Å². The fraction of sp³-hybridized carbons (Fsp3) is 0.556. The third-order valence-corrected chi connectivity index (χ3v) is 4.88. The van der Waals surface area contributed by atoms with Crippen LogP contribution in [-0.4, -0.2) is 43.3 Å². The van der Waals surface area contributed by atoms with Gasteiger partial charge in [-0.15, -0.1) is 0 Å². The number of alkyl carbamates (subject to hydrolysis) is 1. The summed E-state index contributed by atoms with van der Waals surface area (Å²) in [5.74, 6) is -0.938. The zero-order chi connectivity index (χ0) is 19.9. The number of hydrogen-bond acceptors (Lipinski definition) is 5. The number of carboxylic acids is 1. The van der Waals surface area contributed by atoms with Crippen LogP contribution in [-0.2, 0) is 4.74 Å². The number of aromatic nitrogens is 3. The second-order valence-electron chi connectivity index (χ2n) is 7.92. The van der Waals surface area contributed by atoms with Crippen molar-refractivity contribution in [2.45, 2.75) is 58.2 Å². The van der Waals surface area contributed by atoms with Crippen LogP contribution in [0.4, 0.5) is 4.79 Å². The van der Waals surface area contributed by atoms with Crippen LogP contribution >= 0.6 is 11.6 Å². The molecule has 0 saturated heterocycles. The van der Waals surface area contributed by atoms with Crippen molar-refractivity contribution in [2.75, 3.05) is 0 Å². The van der Waals surface area contributed by atoms with Crippen molar-refractivity contribution in [2.24, 2.45) is 5.92 Å². The first-order chi connectivity index (χ1) is 12.6.